The number of nitrogens with one attached hydrogen (secondary N) is 1. The maximum absolute atomic E-state index is 6.14. The molecule has 1 heterocycles. The highest BCUT2D eigenvalue weighted by Crippen LogP contribution is 2.26. The highest BCUT2D eigenvalue weighted by molar-refractivity contribution is 6.31. The fraction of sp³-hybridized carbons (Fsp3) is 0.667. The van der Waals surface area contributed by atoms with Crippen LogP contribution in [0.1, 0.15) is 30.8 Å². The Morgan fingerprint density at radius 3 is 2.54 bits per heavy atom. The van der Waals surface area contributed by atoms with Gasteiger partial charge in [0.1, 0.15) is 0 Å². The predicted molar refractivity (Wildman–Crippen MR) is 55.0 cm³/mol. The molecule has 0 amide bonds. The highest BCUT2D eigenvalue weighted by atomic mass is 35.5. The lowest BCUT2D eigenvalue weighted by Crippen LogP contribution is -2.18. The number of halogens is 1. The Morgan fingerprint density at radius 2 is 2.23 bits per heavy atom. The van der Waals surface area contributed by atoms with Gasteiger partial charge in [0.05, 0.1) is 22.5 Å². The van der Waals surface area contributed by atoms with Crippen LogP contribution in [0, 0.1) is 6.92 Å². The van der Waals surface area contributed by atoms with Gasteiger partial charge in [0.25, 0.3) is 0 Å². The van der Waals surface area contributed by atoms with Crippen molar-refractivity contribution in [1.29, 1.82) is 0 Å². The van der Waals surface area contributed by atoms with Crippen LogP contribution in [0.4, 0.5) is 0 Å². The highest BCUT2D eigenvalue weighted by Gasteiger charge is 2.17. The van der Waals surface area contributed by atoms with Gasteiger partial charge in [-0.1, -0.05) is 18.5 Å². The number of rotatable bonds is 3. The van der Waals surface area contributed by atoms with Gasteiger partial charge < -0.3 is 5.32 Å². The molecule has 1 aromatic heterocycles. The molecule has 1 aromatic rings. The molecule has 0 bridgehead atoms. The van der Waals surface area contributed by atoms with Crippen molar-refractivity contribution in [1.82, 2.24) is 15.1 Å². The van der Waals surface area contributed by atoms with Crippen LogP contribution in [-0.2, 0) is 7.05 Å². The second kappa shape index (κ2) is 4.11. The first-order chi connectivity index (χ1) is 6.11. The second-order valence-electron chi connectivity index (χ2n) is 3.16. The molecular formula is C9H16ClN3. The minimum atomic E-state index is 0.290. The zero-order valence-electron chi connectivity index (χ0n) is 8.56. The second-order valence-corrected chi connectivity index (χ2v) is 3.54. The quantitative estimate of drug-likeness (QED) is 0.812. The summed E-state index contributed by atoms with van der Waals surface area (Å²) in [5.74, 6) is 0. The summed E-state index contributed by atoms with van der Waals surface area (Å²) in [5.41, 5.74) is 1.97. The third-order valence-corrected chi connectivity index (χ3v) is 2.75. The fourth-order valence-electron chi connectivity index (χ4n) is 1.56. The molecule has 0 fully saturated rings. The van der Waals surface area contributed by atoms with Gasteiger partial charge in [-0.2, -0.15) is 5.10 Å². The van der Waals surface area contributed by atoms with E-state index in [-0.39, 0.29) is 0 Å². The van der Waals surface area contributed by atoms with Gasteiger partial charge in [0.15, 0.2) is 0 Å². The van der Waals surface area contributed by atoms with Crippen molar-refractivity contribution in [3.8, 4) is 0 Å². The number of aryl methyl sites for hydroxylation is 2. The van der Waals surface area contributed by atoms with Crippen molar-refractivity contribution in [2.75, 3.05) is 7.05 Å². The molecule has 4 heteroatoms. The van der Waals surface area contributed by atoms with Crippen LogP contribution < -0.4 is 5.32 Å². The van der Waals surface area contributed by atoms with E-state index in [1.54, 1.807) is 0 Å². The Labute approximate surface area is 84.1 Å². The summed E-state index contributed by atoms with van der Waals surface area (Å²) in [4.78, 5) is 0. The smallest absolute Gasteiger partial charge is 0.0863 e. The van der Waals surface area contributed by atoms with Gasteiger partial charge >= 0.3 is 0 Å². The van der Waals surface area contributed by atoms with E-state index in [9.17, 15) is 0 Å². The minimum Gasteiger partial charge on any atom is -0.312 e. The first-order valence-electron chi connectivity index (χ1n) is 4.48. The molecular weight excluding hydrogens is 186 g/mol. The molecule has 74 valence electrons. The van der Waals surface area contributed by atoms with E-state index >= 15 is 0 Å². The van der Waals surface area contributed by atoms with Crippen molar-refractivity contribution in [2.24, 2.45) is 7.05 Å². The number of hydrogen-bond acceptors (Lipinski definition) is 2. The van der Waals surface area contributed by atoms with Crippen molar-refractivity contribution in [2.45, 2.75) is 26.3 Å². The molecule has 0 aliphatic carbocycles. The van der Waals surface area contributed by atoms with Crippen LogP contribution in [0.25, 0.3) is 0 Å². The van der Waals surface area contributed by atoms with Gasteiger partial charge in [0, 0.05) is 7.05 Å². The van der Waals surface area contributed by atoms with Crippen molar-refractivity contribution >= 4 is 11.6 Å². The summed E-state index contributed by atoms with van der Waals surface area (Å²) in [6, 6.07) is 0.290. The Balaban J connectivity index is 3.11. The Hall–Kier alpha value is -0.540. The standard InChI is InChI=1S/C9H16ClN3/c1-5-7(11-3)9-8(10)6(2)12-13(9)4/h7,11H,5H2,1-4H3. The number of nitrogens with zero attached hydrogens (tertiary/aromatic N) is 2. The van der Waals surface area contributed by atoms with Crippen LogP contribution in [0.2, 0.25) is 5.02 Å². The lowest BCUT2D eigenvalue weighted by Gasteiger charge is -2.14. The molecule has 1 rings (SSSR count). The molecule has 1 unspecified atom stereocenters. The largest absolute Gasteiger partial charge is 0.312 e. The lowest BCUT2D eigenvalue weighted by molar-refractivity contribution is 0.526. The zero-order valence-corrected chi connectivity index (χ0v) is 9.31. The summed E-state index contributed by atoms with van der Waals surface area (Å²) in [5, 5.41) is 8.27. The van der Waals surface area contributed by atoms with E-state index in [1.807, 2.05) is 25.7 Å². The summed E-state index contributed by atoms with van der Waals surface area (Å²) in [6.45, 7) is 4.05. The first-order valence-corrected chi connectivity index (χ1v) is 4.85. The molecule has 1 atom stereocenters. The van der Waals surface area contributed by atoms with Crippen LogP contribution >= 0.6 is 11.6 Å². The van der Waals surface area contributed by atoms with Crippen LogP contribution in [0.5, 0.6) is 0 Å². The average Bonchev–Trinajstić information content (AvgIpc) is 2.34. The number of aromatic nitrogens is 2. The van der Waals surface area contributed by atoms with Gasteiger partial charge in [-0.25, -0.2) is 0 Å². The SMILES string of the molecule is CCC(NC)c1c(Cl)c(C)nn1C. The minimum absolute atomic E-state index is 0.290. The molecule has 0 aliphatic heterocycles. The van der Waals surface area contributed by atoms with Crippen molar-refractivity contribution in [3.63, 3.8) is 0 Å². The Bertz CT molecular complexity index is 289. The maximum atomic E-state index is 6.14. The van der Waals surface area contributed by atoms with E-state index in [1.165, 1.54) is 0 Å². The van der Waals surface area contributed by atoms with Gasteiger partial charge in [-0.05, 0) is 20.4 Å². The summed E-state index contributed by atoms with van der Waals surface area (Å²) >= 11 is 6.14. The van der Waals surface area contributed by atoms with E-state index < -0.39 is 0 Å². The number of hydrogen-bond donors (Lipinski definition) is 1. The molecule has 1 N–H and O–H groups in total. The van der Waals surface area contributed by atoms with Crippen molar-refractivity contribution < 1.29 is 0 Å². The van der Waals surface area contributed by atoms with E-state index in [4.69, 9.17) is 11.6 Å². The molecule has 0 saturated carbocycles. The molecule has 0 radical (unpaired) electrons. The third-order valence-electron chi connectivity index (χ3n) is 2.28. The average molecular weight is 202 g/mol. The van der Waals surface area contributed by atoms with E-state index in [0.717, 1.165) is 22.8 Å². The lowest BCUT2D eigenvalue weighted by atomic mass is 10.1. The summed E-state index contributed by atoms with van der Waals surface area (Å²) < 4.78 is 1.85. The van der Waals surface area contributed by atoms with Gasteiger partial charge in [0.2, 0.25) is 0 Å². The molecule has 3 nitrogen and oxygen atoms in total. The normalized spacial score (nSPS) is 13.3. The molecule has 13 heavy (non-hydrogen) atoms. The Morgan fingerprint density at radius 1 is 1.62 bits per heavy atom. The first kappa shape index (κ1) is 10.5. The summed E-state index contributed by atoms with van der Waals surface area (Å²) in [6.07, 6.45) is 1.01. The monoisotopic (exact) mass is 201 g/mol. The molecule has 0 saturated heterocycles. The van der Waals surface area contributed by atoms with Gasteiger partial charge in [-0.15, -0.1) is 0 Å². The van der Waals surface area contributed by atoms with Crippen LogP contribution in [0.15, 0.2) is 0 Å². The van der Waals surface area contributed by atoms with Crippen LogP contribution in [0.3, 0.4) is 0 Å². The predicted octanol–water partition coefficient (Wildman–Crippen LogP) is 2.05. The van der Waals surface area contributed by atoms with E-state index in [0.29, 0.717) is 6.04 Å². The topological polar surface area (TPSA) is 29.9 Å². The fourth-order valence-corrected chi connectivity index (χ4v) is 1.85. The maximum Gasteiger partial charge on any atom is 0.0863 e. The molecule has 0 aromatic carbocycles. The van der Waals surface area contributed by atoms with E-state index in [2.05, 4.69) is 17.3 Å². The Kier molecular flexibility index (Phi) is 3.33. The van der Waals surface area contributed by atoms with Gasteiger partial charge in [-0.3, -0.25) is 4.68 Å². The molecule has 0 spiro atoms. The zero-order chi connectivity index (χ0) is 10.0. The van der Waals surface area contributed by atoms with Crippen molar-refractivity contribution in [3.05, 3.63) is 16.4 Å². The molecule has 0 aliphatic rings. The third kappa shape index (κ3) is 1.86. The summed E-state index contributed by atoms with van der Waals surface area (Å²) in [7, 11) is 3.86. The van der Waals surface area contributed by atoms with Crippen LogP contribution in [-0.4, -0.2) is 16.8 Å².